The van der Waals surface area contributed by atoms with Crippen LogP contribution in [-0.4, -0.2) is 55.5 Å². The summed E-state index contributed by atoms with van der Waals surface area (Å²) >= 11 is 0. The molecule has 1 aliphatic rings. The maximum Gasteiger partial charge on any atom is 0.258 e. The van der Waals surface area contributed by atoms with Crippen molar-refractivity contribution >= 4 is 16.9 Å². The van der Waals surface area contributed by atoms with Crippen molar-refractivity contribution in [2.45, 2.75) is 19.9 Å². The van der Waals surface area contributed by atoms with Crippen LogP contribution in [0.4, 0.5) is 0 Å². The third-order valence-corrected chi connectivity index (χ3v) is 4.66. The first-order valence-corrected chi connectivity index (χ1v) is 8.06. The van der Waals surface area contributed by atoms with Crippen molar-refractivity contribution in [2.75, 3.05) is 33.8 Å². The van der Waals surface area contributed by atoms with Gasteiger partial charge in [0, 0.05) is 31.1 Å². The van der Waals surface area contributed by atoms with Crippen molar-refractivity contribution in [3.63, 3.8) is 0 Å². The molecule has 1 atom stereocenters. The molecule has 1 unspecified atom stereocenters. The summed E-state index contributed by atoms with van der Waals surface area (Å²) in [5.41, 5.74) is 1.33. The largest absolute Gasteiger partial charge is 0.497 e. The molecule has 1 amide bonds. The molecule has 5 nitrogen and oxygen atoms in total. The van der Waals surface area contributed by atoms with Gasteiger partial charge in [0.1, 0.15) is 17.6 Å². The predicted molar refractivity (Wildman–Crippen MR) is 89.9 cm³/mol. The van der Waals surface area contributed by atoms with Crippen LogP contribution in [0.5, 0.6) is 5.75 Å². The van der Waals surface area contributed by atoms with Crippen molar-refractivity contribution in [3.05, 3.63) is 30.0 Å². The van der Waals surface area contributed by atoms with Crippen LogP contribution in [0.3, 0.4) is 0 Å². The van der Waals surface area contributed by atoms with Gasteiger partial charge in [0.2, 0.25) is 0 Å². The molecule has 0 N–H and O–H groups in total. The van der Waals surface area contributed by atoms with E-state index in [1.165, 1.54) is 0 Å². The smallest absolute Gasteiger partial charge is 0.258 e. The Morgan fingerprint density at radius 2 is 2.13 bits per heavy atom. The SMILES string of the molecule is COc1ccc2occ(C(=O)N3CCN(C)CC3C(C)C)c2c1. The average Bonchev–Trinajstić information content (AvgIpc) is 2.96. The van der Waals surface area contributed by atoms with Gasteiger partial charge in [-0.2, -0.15) is 0 Å². The highest BCUT2D eigenvalue weighted by atomic mass is 16.5. The lowest BCUT2D eigenvalue weighted by Gasteiger charge is -2.42. The van der Waals surface area contributed by atoms with Crippen molar-refractivity contribution in [1.29, 1.82) is 0 Å². The highest BCUT2D eigenvalue weighted by Crippen LogP contribution is 2.28. The van der Waals surface area contributed by atoms with E-state index in [-0.39, 0.29) is 11.9 Å². The van der Waals surface area contributed by atoms with Gasteiger partial charge in [-0.3, -0.25) is 4.79 Å². The summed E-state index contributed by atoms with van der Waals surface area (Å²) in [6, 6.07) is 5.77. The average molecular weight is 316 g/mol. The molecular formula is C18H24N2O3. The number of likely N-dealkylation sites (N-methyl/N-ethyl adjacent to an activating group) is 1. The Hall–Kier alpha value is -2.01. The summed E-state index contributed by atoms with van der Waals surface area (Å²) in [4.78, 5) is 17.4. The number of carbonyl (C=O) groups excluding carboxylic acids is 1. The topological polar surface area (TPSA) is 45.9 Å². The number of ether oxygens (including phenoxy) is 1. The summed E-state index contributed by atoms with van der Waals surface area (Å²) < 4.78 is 10.8. The minimum absolute atomic E-state index is 0.0452. The molecule has 0 spiro atoms. The monoisotopic (exact) mass is 316 g/mol. The second-order valence-electron chi connectivity index (χ2n) is 6.58. The van der Waals surface area contributed by atoms with Crippen LogP contribution >= 0.6 is 0 Å². The number of piperazine rings is 1. The Morgan fingerprint density at radius 1 is 1.35 bits per heavy atom. The number of fused-ring (bicyclic) bond motifs is 1. The third-order valence-electron chi connectivity index (χ3n) is 4.66. The number of amides is 1. The van der Waals surface area contributed by atoms with E-state index < -0.39 is 0 Å². The fraction of sp³-hybridized carbons (Fsp3) is 0.500. The molecule has 0 radical (unpaired) electrons. The number of carbonyl (C=O) groups is 1. The Morgan fingerprint density at radius 3 is 2.83 bits per heavy atom. The van der Waals surface area contributed by atoms with Crippen molar-refractivity contribution < 1.29 is 13.9 Å². The molecule has 0 bridgehead atoms. The minimum atomic E-state index is 0.0452. The number of methoxy groups -OCH3 is 1. The Bertz CT molecular complexity index is 707. The molecule has 1 aliphatic heterocycles. The highest BCUT2D eigenvalue weighted by molar-refractivity contribution is 6.06. The molecule has 2 aromatic rings. The second-order valence-corrected chi connectivity index (χ2v) is 6.58. The molecule has 3 rings (SSSR count). The molecular weight excluding hydrogens is 292 g/mol. The molecule has 1 saturated heterocycles. The van der Waals surface area contributed by atoms with E-state index in [0.29, 0.717) is 17.1 Å². The maximum atomic E-state index is 13.1. The van der Waals surface area contributed by atoms with Gasteiger partial charge < -0.3 is 19.0 Å². The van der Waals surface area contributed by atoms with E-state index in [1.54, 1.807) is 13.4 Å². The lowest BCUT2D eigenvalue weighted by Crippen LogP contribution is -2.56. The molecule has 1 aromatic carbocycles. The molecule has 124 valence electrons. The fourth-order valence-corrected chi connectivity index (χ4v) is 3.23. The minimum Gasteiger partial charge on any atom is -0.497 e. The number of benzene rings is 1. The molecule has 1 aromatic heterocycles. The molecule has 5 heteroatoms. The first-order chi connectivity index (χ1) is 11.0. The van der Waals surface area contributed by atoms with E-state index in [0.717, 1.165) is 30.8 Å². The Labute approximate surface area is 136 Å². The third kappa shape index (κ3) is 2.93. The zero-order chi connectivity index (χ0) is 16.6. The number of nitrogens with zero attached hydrogens (tertiary/aromatic N) is 2. The molecule has 1 fully saturated rings. The summed E-state index contributed by atoms with van der Waals surface area (Å²) in [5, 5.41) is 0.816. The van der Waals surface area contributed by atoms with Gasteiger partial charge in [-0.05, 0) is 31.2 Å². The van der Waals surface area contributed by atoms with Gasteiger partial charge in [-0.25, -0.2) is 0 Å². The fourth-order valence-electron chi connectivity index (χ4n) is 3.23. The van der Waals surface area contributed by atoms with Gasteiger partial charge in [-0.15, -0.1) is 0 Å². The first-order valence-electron chi connectivity index (χ1n) is 8.06. The van der Waals surface area contributed by atoms with Gasteiger partial charge >= 0.3 is 0 Å². The lowest BCUT2D eigenvalue weighted by molar-refractivity contribution is 0.0403. The number of furan rings is 1. The van der Waals surface area contributed by atoms with Crippen LogP contribution in [-0.2, 0) is 0 Å². The van der Waals surface area contributed by atoms with Crippen molar-refractivity contribution in [2.24, 2.45) is 5.92 Å². The van der Waals surface area contributed by atoms with Gasteiger partial charge in [0.25, 0.3) is 5.91 Å². The van der Waals surface area contributed by atoms with E-state index in [9.17, 15) is 4.79 Å². The lowest BCUT2D eigenvalue weighted by atomic mass is 9.98. The first kappa shape index (κ1) is 15.9. The predicted octanol–water partition coefficient (Wildman–Crippen LogP) is 2.85. The summed E-state index contributed by atoms with van der Waals surface area (Å²) in [6.45, 7) is 6.88. The Balaban J connectivity index is 1.95. The summed E-state index contributed by atoms with van der Waals surface area (Å²) in [5.74, 6) is 1.19. The second kappa shape index (κ2) is 6.24. The van der Waals surface area contributed by atoms with E-state index in [1.807, 2.05) is 23.1 Å². The van der Waals surface area contributed by atoms with Crippen molar-refractivity contribution in [3.8, 4) is 5.75 Å². The standard InChI is InChI=1S/C18H24N2O3/c1-12(2)16-10-19(3)7-8-20(16)18(21)15-11-23-17-6-5-13(22-4)9-14(15)17/h5-6,9,11-12,16H,7-8,10H2,1-4H3. The van der Waals surface area contributed by atoms with Crippen LogP contribution < -0.4 is 4.74 Å². The Kier molecular flexibility index (Phi) is 4.31. The highest BCUT2D eigenvalue weighted by Gasteiger charge is 2.32. The molecule has 0 aliphatic carbocycles. The van der Waals surface area contributed by atoms with Crippen LogP contribution in [0.2, 0.25) is 0 Å². The van der Waals surface area contributed by atoms with Crippen LogP contribution in [0, 0.1) is 5.92 Å². The van der Waals surface area contributed by atoms with E-state index in [2.05, 4.69) is 25.8 Å². The molecule has 2 heterocycles. The molecule has 23 heavy (non-hydrogen) atoms. The molecule has 0 saturated carbocycles. The number of hydrogen-bond acceptors (Lipinski definition) is 4. The quantitative estimate of drug-likeness (QED) is 0.873. The number of hydrogen-bond donors (Lipinski definition) is 0. The number of rotatable bonds is 3. The van der Waals surface area contributed by atoms with Gasteiger partial charge in [-0.1, -0.05) is 13.8 Å². The van der Waals surface area contributed by atoms with Crippen molar-refractivity contribution in [1.82, 2.24) is 9.80 Å². The normalized spacial score (nSPS) is 19.5. The summed E-state index contributed by atoms with van der Waals surface area (Å²) in [7, 11) is 3.73. The van der Waals surface area contributed by atoms with E-state index in [4.69, 9.17) is 9.15 Å². The van der Waals surface area contributed by atoms with E-state index >= 15 is 0 Å². The van der Waals surface area contributed by atoms with Crippen LogP contribution in [0.1, 0.15) is 24.2 Å². The maximum absolute atomic E-state index is 13.1. The van der Waals surface area contributed by atoms with Crippen LogP contribution in [0.15, 0.2) is 28.9 Å². The van der Waals surface area contributed by atoms with Crippen LogP contribution in [0.25, 0.3) is 11.0 Å². The van der Waals surface area contributed by atoms with Gasteiger partial charge in [0.15, 0.2) is 0 Å². The summed E-state index contributed by atoms with van der Waals surface area (Å²) in [6.07, 6.45) is 1.57. The zero-order valence-corrected chi connectivity index (χ0v) is 14.2. The van der Waals surface area contributed by atoms with Gasteiger partial charge in [0.05, 0.1) is 12.7 Å². The zero-order valence-electron chi connectivity index (χ0n) is 14.2.